The highest BCUT2D eigenvalue weighted by atomic mass is 32.1. The third-order valence-electron chi connectivity index (χ3n) is 2.82. The summed E-state index contributed by atoms with van der Waals surface area (Å²) in [6.45, 7) is 0.788. The van der Waals surface area contributed by atoms with Crippen LogP contribution >= 0.6 is 11.3 Å². The van der Waals surface area contributed by atoms with Crippen molar-refractivity contribution in [2.45, 2.75) is 6.54 Å². The van der Waals surface area contributed by atoms with Gasteiger partial charge in [-0.25, -0.2) is 0 Å². The first-order valence-corrected chi connectivity index (χ1v) is 6.62. The Morgan fingerprint density at radius 2 is 2.06 bits per heavy atom. The maximum atomic E-state index is 6.00. The van der Waals surface area contributed by atoms with Crippen LogP contribution in [0.3, 0.4) is 0 Å². The molecule has 18 heavy (non-hydrogen) atoms. The van der Waals surface area contributed by atoms with E-state index < -0.39 is 0 Å². The Kier molecular flexibility index (Phi) is 2.86. The number of hydrogen-bond acceptors (Lipinski definition) is 4. The topological polar surface area (TPSA) is 50.9 Å². The van der Waals surface area contributed by atoms with E-state index in [1.165, 1.54) is 4.88 Å². The number of thiophene rings is 1. The van der Waals surface area contributed by atoms with Gasteiger partial charge in [0.1, 0.15) is 0 Å². The molecule has 0 saturated heterocycles. The lowest BCUT2D eigenvalue weighted by molar-refractivity contribution is 1.20. The Morgan fingerprint density at radius 1 is 1.17 bits per heavy atom. The van der Waals surface area contributed by atoms with Gasteiger partial charge in [0.05, 0.1) is 23.1 Å². The van der Waals surface area contributed by atoms with Gasteiger partial charge < -0.3 is 11.1 Å². The maximum Gasteiger partial charge on any atom is 0.0743 e. The molecule has 0 saturated carbocycles. The standard InChI is InChI=1S/C14H13N3S/c15-12-9-16-13-6-2-1-5-11(13)14(12)17-8-10-4-3-7-18-10/h1-7,9H,8,15H2,(H,16,17). The number of hydrogen-bond donors (Lipinski definition) is 2. The molecule has 0 radical (unpaired) electrons. The van der Waals surface area contributed by atoms with Gasteiger partial charge in [-0.1, -0.05) is 24.3 Å². The minimum Gasteiger partial charge on any atom is -0.396 e. The Hall–Kier alpha value is -2.07. The molecule has 3 rings (SSSR count). The van der Waals surface area contributed by atoms with Crippen molar-refractivity contribution in [3.63, 3.8) is 0 Å². The first-order valence-electron chi connectivity index (χ1n) is 5.74. The Labute approximate surface area is 109 Å². The zero-order valence-corrected chi connectivity index (χ0v) is 10.6. The second kappa shape index (κ2) is 4.66. The number of aromatic nitrogens is 1. The van der Waals surface area contributed by atoms with Gasteiger partial charge in [-0.2, -0.15) is 0 Å². The average Bonchev–Trinajstić information content (AvgIpc) is 2.91. The number of nitrogen functional groups attached to an aromatic ring is 1. The highest BCUT2D eigenvalue weighted by molar-refractivity contribution is 7.09. The summed E-state index contributed by atoms with van der Waals surface area (Å²) >= 11 is 1.73. The van der Waals surface area contributed by atoms with Crippen LogP contribution < -0.4 is 11.1 Å². The second-order valence-electron chi connectivity index (χ2n) is 4.04. The van der Waals surface area contributed by atoms with E-state index >= 15 is 0 Å². The van der Waals surface area contributed by atoms with Crippen LogP contribution in [0.1, 0.15) is 4.88 Å². The van der Waals surface area contributed by atoms with Crippen molar-refractivity contribution in [3.8, 4) is 0 Å². The maximum absolute atomic E-state index is 6.00. The molecule has 3 aromatic rings. The third-order valence-corrected chi connectivity index (χ3v) is 3.70. The summed E-state index contributed by atoms with van der Waals surface area (Å²) in [5, 5.41) is 6.54. The van der Waals surface area contributed by atoms with E-state index in [4.69, 9.17) is 5.73 Å². The summed E-state index contributed by atoms with van der Waals surface area (Å²) in [4.78, 5) is 5.61. The zero-order valence-electron chi connectivity index (χ0n) is 9.76. The van der Waals surface area contributed by atoms with E-state index in [1.807, 2.05) is 24.3 Å². The van der Waals surface area contributed by atoms with E-state index in [1.54, 1.807) is 17.5 Å². The quantitative estimate of drug-likeness (QED) is 0.753. The number of pyridine rings is 1. The van der Waals surface area contributed by atoms with Crippen molar-refractivity contribution in [3.05, 3.63) is 52.9 Å². The molecule has 0 aliphatic carbocycles. The molecule has 2 heterocycles. The molecule has 0 spiro atoms. The van der Waals surface area contributed by atoms with Crippen LogP contribution in [0.25, 0.3) is 10.9 Å². The van der Waals surface area contributed by atoms with Crippen LogP contribution in [0.2, 0.25) is 0 Å². The Morgan fingerprint density at radius 3 is 2.89 bits per heavy atom. The summed E-state index contributed by atoms with van der Waals surface area (Å²) in [6.07, 6.45) is 1.71. The molecule has 2 aromatic heterocycles. The van der Waals surface area contributed by atoms with Gasteiger partial charge >= 0.3 is 0 Å². The smallest absolute Gasteiger partial charge is 0.0743 e. The van der Waals surface area contributed by atoms with Crippen LogP contribution in [0.15, 0.2) is 48.0 Å². The molecule has 0 aliphatic rings. The number of benzene rings is 1. The lowest BCUT2D eigenvalue weighted by Gasteiger charge is -2.11. The van der Waals surface area contributed by atoms with Gasteiger partial charge in [-0.15, -0.1) is 11.3 Å². The number of nitrogens with one attached hydrogen (secondary N) is 1. The predicted octanol–water partition coefficient (Wildman–Crippen LogP) is 3.49. The fraction of sp³-hybridized carbons (Fsp3) is 0.0714. The van der Waals surface area contributed by atoms with E-state index in [-0.39, 0.29) is 0 Å². The number of rotatable bonds is 3. The predicted molar refractivity (Wildman–Crippen MR) is 77.8 cm³/mol. The zero-order chi connectivity index (χ0) is 12.4. The van der Waals surface area contributed by atoms with Crippen molar-refractivity contribution in [2.24, 2.45) is 0 Å². The van der Waals surface area contributed by atoms with Crippen LogP contribution in [-0.2, 0) is 6.54 Å². The summed E-state index contributed by atoms with van der Waals surface area (Å²) in [7, 11) is 0. The molecule has 1 aromatic carbocycles. The number of nitrogens with two attached hydrogens (primary N) is 1. The molecule has 0 bridgehead atoms. The van der Waals surface area contributed by atoms with Crippen LogP contribution in [0.4, 0.5) is 11.4 Å². The molecule has 0 unspecified atom stereocenters. The Balaban J connectivity index is 1.97. The number of fused-ring (bicyclic) bond motifs is 1. The fourth-order valence-corrected chi connectivity index (χ4v) is 2.59. The molecule has 0 aliphatic heterocycles. The van der Waals surface area contributed by atoms with Crippen LogP contribution in [0, 0.1) is 0 Å². The lowest BCUT2D eigenvalue weighted by Crippen LogP contribution is -2.02. The normalized spacial score (nSPS) is 10.7. The molecule has 4 heteroatoms. The molecule has 90 valence electrons. The lowest BCUT2D eigenvalue weighted by atomic mass is 10.1. The molecule has 0 fully saturated rings. The molecule has 3 N–H and O–H groups in total. The summed E-state index contributed by atoms with van der Waals surface area (Å²) in [5.41, 5.74) is 8.62. The first kappa shape index (κ1) is 11.0. The number of anilines is 2. The Bertz CT molecular complexity index is 662. The fourth-order valence-electron chi connectivity index (χ4n) is 1.94. The van der Waals surface area contributed by atoms with E-state index in [0.29, 0.717) is 5.69 Å². The summed E-state index contributed by atoms with van der Waals surface area (Å²) in [6, 6.07) is 12.2. The van der Waals surface area contributed by atoms with Crippen molar-refractivity contribution in [1.29, 1.82) is 0 Å². The average molecular weight is 255 g/mol. The van der Waals surface area contributed by atoms with Gasteiger partial charge in [0.15, 0.2) is 0 Å². The van der Waals surface area contributed by atoms with Gasteiger partial charge in [-0.05, 0) is 17.5 Å². The first-order chi connectivity index (χ1) is 8.84. The van der Waals surface area contributed by atoms with Crippen molar-refractivity contribution >= 4 is 33.6 Å². The minimum atomic E-state index is 0.685. The summed E-state index contributed by atoms with van der Waals surface area (Å²) in [5.74, 6) is 0. The minimum absolute atomic E-state index is 0.685. The number of para-hydroxylation sites is 1. The van der Waals surface area contributed by atoms with Gasteiger partial charge in [0, 0.05) is 16.8 Å². The molecule has 3 nitrogen and oxygen atoms in total. The van der Waals surface area contributed by atoms with E-state index in [9.17, 15) is 0 Å². The molecule has 0 atom stereocenters. The van der Waals surface area contributed by atoms with Gasteiger partial charge in [0.2, 0.25) is 0 Å². The van der Waals surface area contributed by atoms with Crippen molar-refractivity contribution < 1.29 is 0 Å². The molecular formula is C14H13N3S. The number of nitrogens with zero attached hydrogens (tertiary/aromatic N) is 1. The highest BCUT2D eigenvalue weighted by Gasteiger charge is 2.05. The van der Waals surface area contributed by atoms with Crippen LogP contribution in [-0.4, -0.2) is 4.98 Å². The SMILES string of the molecule is Nc1cnc2ccccc2c1NCc1cccs1. The third kappa shape index (κ3) is 2.02. The molecular weight excluding hydrogens is 242 g/mol. The highest BCUT2D eigenvalue weighted by Crippen LogP contribution is 2.28. The monoisotopic (exact) mass is 255 g/mol. The van der Waals surface area contributed by atoms with Crippen molar-refractivity contribution in [2.75, 3.05) is 11.1 Å². The largest absolute Gasteiger partial charge is 0.396 e. The molecule has 0 amide bonds. The van der Waals surface area contributed by atoms with E-state index in [2.05, 4.69) is 27.8 Å². The van der Waals surface area contributed by atoms with E-state index in [0.717, 1.165) is 23.1 Å². The second-order valence-corrected chi connectivity index (χ2v) is 5.07. The van der Waals surface area contributed by atoms with Crippen molar-refractivity contribution in [1.82, 2.24) is 4.98 Å². The van der Waals surface area contributed by atoms with Gasteiger partial charge in [0.25, 0.3) is 0 Å². The summed E-state index contributed by atoms with van der Waals surface area (Å²) < 4.78 is 0. The van der Waals surface area contributed by atoms with Gasteiger partial charge in [-0.3, -0.25) is 4.98 Å². The van der Waals surface area contributed by atoms with Crippen LogP contribution in [0.5, 0.6) is 0 Å².